The Morgan fingerprint density at radius 2 is 1.89 bits per heavy atom. The molecule has 4 rings (SSSR count). The number of nitrogens with one attached hydrogen (secondary N) is 1. The Balaban J connectivity index is 1.35. The number of amides is 2. The summed E-state index contributed by atoms with van der Waals surface area (Å²) in [5.41, 5.74) is 0.759. The average molecular weight is 382 g/mol. The van der Waals surface area contributed by atoms with Crippen molar-refractivity contribution in [3.05, 3.63) is 40.9 Å². The van der Waals surface area contributed by atoms with Crippen molar-refractivity contribution in [2.24, 2.45) is 5.41 Å². The second kappa shape index (κ2) is 7.73. The highest BCUT2D eigenvalue weighted by Gasteiger charge is 2.37. The van der Waals surface area contributed by atoms with E-state index in [1.54, 1.807) is 6.07 Å². The lowest BCUT2D eigenvalue weighted by Crippen LogP contribution is -2.43. The van der Waals surface area contributed by atoms with E-state index in [1.165, 1.54) is 10.9 Å². The Morgan fingerprint density at radius 1 is 1.11 bits per heavy atom. The summed E-state index contributed by atoms with van der Waals surface area (Å²) in [4.78, 5) is 43.0. The Hall–Kier alpha value is -2.70. The third-order valence-corrected chi connectivity index (χ3v) is 6.33. The number of aromatic nitrogens is 2. The number of piperidine rings is 1. The first-order chi connectivity index (χ1) is 13.6. The van der Waals surface area contributed by atoms with Crippen LogP contribution >= 0.6 is 0 Å². The molecule has 2 fully saturated rings. The maximum Gasteiger partial charge on any atom is 0.261 e. The summed E-state index contributed by atoms with van der Waals surface area (Å²) in [7, 11) is 0. The molecule has 0 atom stereocenters. The van der Waals surface area contributed by atoms with Crippen molar-refractivity contribution in [1.82, 2.24) is 19.8 Å². The zero-order valence-corrected chi connectivity index (χ0v) is 16.0. The summed E-state index contributed by atoms with van der Waals surface area (Å²) in [5, 5.41) is 3.53. The fourth-order valence-electron chi connectivity index (χ4n) is 4.43. The van der Waals surface area contributed by atoms with Crippen LogP contribution in [0.4, 0.5) is 0 Å². The molecule has 2 aliphatic rings. The van der Waals surface area contributed by atoms with E-state index in [1.807, 2.05) is 23.1 Å². The molecule has 7 heteroatoms. The van der Waals surface area contributed by atoms with E-state index in [-0.39, 0.29) is 22.8 Å². The Labute approximate surface area is 163 Å². The van der Waals surface area contributed by atoms with Gasteiger partial charge in [-0.25, -0.2) is 4.98 Å². The van der Waals surface area contributed by atoms with Crippen molar-refractivity contribution < 1.29 is 9.59 Å². The van der Waals surface area contributed by atoms with Gasteiger partial charge in [0.15, 0.2) is 0 Å². The predicted octanol–water partition coefficient (Wildman–Crippen LogP) is 1.70. The normalized spacial score (nSPS) is 19.4. The van der Waals surface area contributed by atoms with Gasteiger partial charge in [-0.1, -0.05) is 12.1 Å². The monoisotopic (exact) mass is 382 g/mol. The predicted molar refractivity (Wildman–Crippen MR) is 106 cm³/mol. The summed E-state index contributed by atoms with van der Waals surface area (Å²) in [6.45, 7) is 2.55. The van der Waals surface area contributed by atoms with Gasteiger partial charge in [0.25, 0.3) is 5.56 Å². The van der Waals surface area contributed by atoms with Crippen LogP contribution in [0.2, 0.25) is 0 Å². The van der Waals surface area contributed by atoms with Gasteiger partial charge >= 0.3 is 0 Å². The van der Waals surface area contributed by atoms with E-state index in [0.29, 0.717) is 30.3 Å². The van der Waals surface area contributed by atoms with Gasteiger partial charge in [-0.15, -0.1) is 0 Å². The number of benzene rings is 1. The highest BCUT2D eigenvalue weighted by Crippen LogP contribution is 2.40. The summed E-state index contributed by atoms with van der Waals surface area (Å²) in [6.07, 6.45) is 6.23. The minimum atomic E-state index is -0.105. The molecule has 3 heterocycles. The average Bonchev–Trinajstić information content (AvgIpc) is 2.90. The molecule has 0 aliphatic carbocycles. The lowest BCUT2D eigenvalue weighted by atomic mass is 9.73. The zero-order chi connectivity index (χ0) is 19.6. The van der Waals surface area contributed by atoms with Crippen LogP contribution in [0.1, 0.15) is 38.5 Å². The van der Waals surface area contributed by atoms with Gasteiger partial charge in [0, 0.05) is 39.0 Å². The van der Waals surface area contributed by atoms with E-state index < -0.39 is 0 Å². The number of carbonyl (C=O) groups excluding carboxylic acids is 2. The standard InChI is InChI=1S/C21H26N4O3/c26-18-5-7-21(8-11-22-18)9-13-24(14-10-21)19(27)6-12-25-15-23-17-4-2-1-3-16(17)20(25)28/h1-4,15H,5-14H2,(H,22,26). The van der Waals surface area contributed by atoms with Gasteiger partial charge in [0.05, 0.1) is 17.2 Å². The highest BCUT2D eigenvalue weighted by molar-refractivity contribution is 5.78. The minimum absolute atomic E-state index is 0.0812. The van der Waals surface area contributed by atoms with E-state index in [0.717, 1.165) is 45.3 Å². The van der Waals surface area contributed by atoms with Crippen LogP contribution in [0.5, 0.6) is 0 Å². The van der Waals surface area contributed by atoms with Crippen LogP contribution in [0, 0.1) is 5.41 Å². The Bertz CT molecular complexity index is 944. The molecule has 2 saturated heterocycles. The summed E-state index contributed by atoms with van der Waals surface area (Å²) in [5.74, 6) is 0.225. The molecule has 2 aromatic rings. The Morgan fingerprint density at radius 3 is 2.71 bits per heavy atom. The largest absolute Gasteiger partial charge is 0.356 e. The summed E-state index contributed by atoms with van der Waals surface area (Å²) < 4.78 is 1.52. The molecule has 0 bridgehead atoms. The van der Waals surface area contributed by atoms with Crippen molar-refractivity contribution in [2.75, 3.05) is 19.6 Å². The molecular weight excluding hydrogens is 356 g/mol. The van der Waals surface area contributed by atoms with Crippen LogP contribution in [0.15, 0.2) is 35.4 Å². The zero-order valence-electron chi connectivity index (χ0n) is 16.0. The highest BCUT2D eigenvalue weighted by atomic mass is 16.2. The number of carbonyl (C=O) groups is 2. The van der Waals surface area contributed by atoms with Crippen molar-refractivity contribution in [2.45, 2.75) is 45.1 Å². The SMILES string of the molecule is O=C1CCC2(CCN1)CCN(C(=O)CCn1cnc3ccccc3c1=O)CC2. The number of fused-ring (bicyclic) bond motifs is 1. The fraction of sp³-hybridized carbons (Fsp3) is 0.524. The first-order valence-corrected chi connectivity index (χ1v) is 10.1. The van der Waals surface area contributed by atoms with Gasteiger partial charge in [0.1, 0.15) is 0 Å². The molecule has 148 valence electrons. The lowest BCUT2D eigenvalue weighted by Gasteiger charge is -2.41. The molecule has 1 aromatic carbocycles. The number of hydrogen-bond donors (Lipinski definition) is 1. The number of nitrogens with zero attached hydrogens (tertiary/aromatic N) is 3. The molecule has 7 nitrogen and oxygen atoms in total. The molecule has 0 unspecified atom stereocenters. The number of likely N-dealkylation sites (tertiary alicyclic amines) is 1. The number of para-hydroxylation sites is 1. The topological polar surface area (TPSA) is 84.3 Å². The smallest absolute Gasteiger partial charge is 0.261 e. The summed E-state index contributed by atoms with van der Waals surface area (Å²) >= 11 is 0. The van der Waals surface area contributed by atoms with E-state index in [9.17, 15) is 14.4 Å². The van der Waals surface area contributed by atoms with E-state index >= 15 is 0 Å². The van der Waals surface area contributed by atoms with Crippen LogP contribution in [-0.4, -0.2) is 45.9 Å². The van der Waals surface area contributed by atoms with Crippen molar-refractivity contribution in [3.63, 3.8) is 0 Å². The van der Waals surface area contributed by atoms with Gasteiger partial charge in [-0.2, -0.15) is 0 Å². The second-order valence-electron chi connectivity index (χ2n) is 7.99. The van der Waals surface area contributed by atoms with E-state index in [4.69, 9.17) is 0 Å². The molecular formula is C21H26N4O3. The van der Waals surface area contributed by atoms with Crippen LogP contribution < -0.4 is 10.9 Å². The summed E-state index contributed by atoms with van der Waals surface area (Å²) in [6, 6.07) is 7.25. The number of aryl methyl sites for hydroxylation is 1. The molecule has 0 saturated carbocycles. The molecule has 1 spiro atoms. The molecule has 2 aliphatic heterocycles. The molecule has 2 amide bonds. The third-order valence-electron chi connectivity index (χ3n) is 6.33. The van der Waals surface area contributed by atoms with Gasteiger partial charge in [0.2, 0.25) is 11.8 Å². The Kier molecular flexibility index (Phi) is 5.15. The molecule has 0 radical (unpaired) electrons. The van der Waals surface area contributed by atoms with E-state index in [2.05, 4.69) is 10.3 Å². The maximum atomic E-state index is 12.7. The van der Waals surface area contributed by atoms with Crippen LogP contribution in [0.25, 0.3) is 10.9 Å². The van der Waals surface area contributed by atoms with Gasteiger partial charge in [-0.05, 0) is 43.2 Å². The van der Waals surface area contributed by atoms with Crippen LogP contribution in [-0.2, 0) is 16.1 Å². The maximum absolute atomic E-state index is 12.7. The minimum Gasteiger partial charge on any atom is -0.356 e. The van der Waals surface area contributed by atoms with Crippen molar-refractivity contribution >= 4 is 22.7 Å². The van der Waals surface area contributed by atoms with Gasteiger partial charge < -0.3 is 10.2 Å². The quantitative estimate of drug-likeness (QED) is 0.876. The van der Waals surface area contributed by atoms with Crippen molar-refractivity contribution in [1.29, 1.82) is 0 Å². The number of hydrogen-bond acceptors (Lipinski definition) is 4. The first kappa shape index (κ1) is 18.7. The molecule has 28 heavy (non-hydrogen) atoms. The first-order valence-electron chi connectivity index (χ1n) is 10.1. The lowest BCUT2D eigenvalue weighted by molar-refractivity contribution is -0.134. The second-order valence-corrected chi connectivity index (χ2v) is 7.99. The number of rotatable bonds is 3. The van der Waals surface area contributed by atoms with Crippen molar-refractivity contribution in [3.8, 4) is 0 Å². The fourth-order valence-corrected chi connectivity index (χ4v) is 4.43. The van der Waals surface area contributed by atoms with Gasteiger partial charge in [-0.3, -0.25) is 19.0 Å². The molecule has 1 N–H and O–H groups in total. The third kappa shape index (κ3) is 3.79. The van der Waals surface area contributed by atoms with Crippen LogP contribution in [0.3, 0.4) is 0 Å². The molecule has 1 aromatic heterocycles.